The average molecular weight is 204 g/mol. The fourth-order valence-electron chi connectivity index (χ4n) is 0.823. The van der Waals surface area contributed by atoms with Gasteiger partial charge in [0.1, 0.15) is 6.29 Å². The quantitative estimate of drug-likeness (QED) is 0.563. The molecule has 0 rings (SSSR count). The Morgan fingerprint density at radius 2 is 1.77 bits per heavy atom. The zero-order valence-corrected chi connectivity index (χ0v) is 10.8. The molecule has 0 aliphatic carbocycles. The van der Waals surface area contributed by atoms with Crippen LogP contribution in [0.1, 0.15) is 40.5 Å². The third-order valence-corrected chi connectivity index (χ3v) is 7.25. The maximum Gasteiger partial charge on any atom is 0.195 e. The Bertz CT molecular complexity index is 149. The Kier molecular flexibility index (Phi) is 4.62. The molecule has 0 bridgehead atoms. The molecule has 0 heterocycles. The molecule has 13 heavy (non-hydrogen) atoms. The number of aliphatic hydroxyl groups excluding tert-OH is 1. The predicted octanol–water partition coefficient (Wildman–Crippen LogP) is 3.13. The summed E-state index contributed by atoms with van der Waals surface area (Å²) in [7, 11) is -1.76. The van der Waals surface area contributed by atoms with Gasteiger partial charge in [-0.25, -0.2) is 0 Å². The van der Waals surface area contributed by atoms with E-state index < -0.39 is 14.6 Å². The minimum atomic E-state index is -1.76. The van der Waals surface area contributed by atoms with Crippen LogP contribution in [0.3, 0.4) is 0 Å². The van der Waals surface area contributed by atoms with E-state index in [2.05, 4.69) is 40.8 Å². The van der Waals surface area contributed by atoms with Gasteiger partial charge in [0.05, 0.1) is 0 Å². The van der Waals surface area contributed by atoms with Crippen LogP contribution in [0.15, 0.2) is 0 Å². The van der Waals surface area contributed by atoms with Gasteiger partial charge in [0.15, 0.2) is 8.32 Å². The molecule has 1 atom stereocenters. The lowest BCUT2D eigenvalue weighted by Gasteiger charge is -2.37. The van der Waals surface area contributed by atoms with Crippen LogP contribution in [0.5, 0.6) is 0 Å². The lowest BCUT2D eigenvalue weighted by Crippen LogP contribution is -2.43. The van der Waals surface area contributed by atoms with Gasteiger partial charge in [-0.05, 0) is 24.6 Å². The molecule has 0 radical (unpaired) electrons. The third kappa shape index (κ3) is 4.25. The summed E-state index contributed by atoms with van der Waals surface area (Å²) in [4.78, 5) is 0. The largest absolute Gasteiger partial charge is 0.392 e. The molecule has 0 spiro atoms. The van der Waals surface area contributed by atoms with E-state index in [0.29, 0.717) is 0 Å². The fraction of sp³-hybridized carbons (Fsp3) is 1.00. The maximum atomic E-state index is 9.56. The van der Waals surface area contributed by atoms with E-state index in [1.807, 2.05) is 0 Å². The number of hydrogen-bond donors (Lipinski definition) is 1. The molecule has 0 saturated heterocycles. The average Bonchev–Trinajstić information content (AvgIpc) is 1.83. The maximum absolute atomic E-state index is 9.56. The Morgan fingerprint density at radius 1 is 1.31 bits per heavy atom. The smallest absolute Gasteiger partial charge is 0.195 e. The van der Waals surface area contributed by atoms with Gasteiger partial charge < -0.3 is 9.53 Å². The molecule has 0 fully saturated rings. The van der Waals surface area contributed by atoms with E-state index >= 15 is 0 Å². The van der Waals surface area contributed by atoms with Crippen molar-refractivity contribution in [1.29, 1.82) is 0 Å². The van der Waals surface area contributed by atoms with Crippen LogP contribution in [0.2, 0.25) is 18.1 Å². The van der Waals surface area contributed by atoms with E-state index in [9.17, 15) is 5.11 Å². The second-order valence-corrected chi connectivity index (χ2v) is 9.88. The summed E-state index contributed by atoms with van der Waals surface area (Å²) in [5.41, 5.74) is 0. The topological polar surface area (TPSA) is 29.5 Å². The standard InChI is InChI=1S/C10H24O2Si/c1-7-8-9(11)12-13(5,6)10(2,3)4/h9,11H,7-8H2,1-6H3. The summed E-state index contributed by atoms with van der Waals surface area (Å²) < 4.78 is 5.74. The summed E-state index contributed by atoms with van der Waals surface area (Å²) in [6, 6.07) is 0. The van der Waals surface area contributed by atoms with Crippen LogP contribution < -0.4 is 0 Å². The summed E-state index contributed by atoms with van der Waals surface area (Å²) in [6.07, 6.45) is 1.15. The van der Waals surface area contributed by atoms with Crippen molar-refractivity contribution in [2.75, 3.05) is 0 Å². The molecule has 80 valence electrons. The highest BCUT2D eigenvalue weighted by molar-refractivity contribution is 6.74. The highest BCUT2D eigenvalue weighted by atomic mass is 28.4. The number of aliphatic hydroxyl groups is 1. The minimum Gasteiger partial charge on any atom is -0.392 e. The van der Waals surface area contributed by atoms with Gasteiger partial charge in [0.2, 0.25) is 0 Å². The van der Waals surface area contributed by atoms with Crippen LogP contribution in [0.25, 0.3) is 0 Å². The molecule has 2 nitrogen and oxygen atoms in total. The first-order valence-electron chi connectivity index (χ1n) is 5.06. The summed E-state index contributed by atoms with van der Waals surface area (Å²) in [5.74, 6) is 0. The first kappa shape index (κ1) is 13.1. The monoisotopic (exact) mass is 204 g/mol. The minimum absolute atomic E-state index is 0.182. The van der Waals surface area contributed by atoms with Crippen molar-refractivity contribution in [2.24, 2.45) is 0 Å². The molecular formula is C10H24O2Si. The van der Waals surface area contributed by atoms with Gasteiger partial charge in [-0.3, -0.25) is 0 Å². The zero-order chi connectivity index (χ0) is 10.7. The molecule has 0 amide bonds. The highest BCUT2D eigenvalue weighted by Crippen LogP contribution is 2.37. The second kappa shape index (κ2) is 4.58. The van der Waals surface area contributed by atoms with Gasteiger partial charge in [0.25, 0.3) is 0 Å². The van der Waals surface area contributed by atoms with E-state index in [4.69, 9.17) is 4.43 Å². The van der Waals surface area contributed by atoms with Crippen molar-refractivity contribution in [1.82, 2.24) is 0 Å². The number of hydrogen-bond acceptors (Lipinski definition) is 2. The van der Waals surface area contributed by atoms with Crippen molar-refractivity contribution >= 4 is 8.32 Å². The molecule has 3 heteroatoms. The van der Waals surface area contributed by atoms with Crippen LogP contribution in [0, 0.1) is 0 Å². The lowest BCUT2D eigenvalue weighted by atomic mass is 10.2. The van der Waals surface area contributed by atoms with Gasteiger partial charge in [-0.15, -0.1) is 0 Å². The summed E-state index contributed by atoms with van der Waals surface area (Å²) >= 11 is 0. The fourth-order valence-corrected chi connectivity index (χ4v) is 1.97. The van der Waals surface area contributed by atoms with Gasteiger partial charge in [-0.1, -0.05) is 34.1 Å². The Labute approximate surface area is 83.4 Å². The summed E-state index contributed by atoms with van der Waals surface area (Å²) in [5, 5.41) is 9.74. The van der Waals surface area contributed by atoms with E-state index in [1.54, 1.807) is 0 Å². The van der Waals surface area contributed by atoms with E-state index in [1.165, 1.54) is 0 Å². The Hall–Kier alpha value is 0.137. The molecule has 0 aromatic carbocycles. The van der Waals surface area contributed by atoms with Crippen molar-refractivity contribution in [3.05, 3.63) is 0 Å². The highest BCUT2D eigenvalue weighted by Gasteiger charge is 2.38. The van der Waals surface area contributed by atoms with Crippen molar-refractivity contribution < 1.29 is 9.53 Å². The van der Waals surface area contributed by atoms with Crippen LogP contribution in [-0.4, -0.2) is 19.7 Å². The van der Waals surface area contributed by atoms with E-state index in [-0.39, 0.29) is 5.04 Å². The third-order valence-electron chi connectivity index (χ3n) is 2.77. The zero-order valence-electron chi connectivity index (χ0n) is 9.85. The van der Waals surface area contributed by atoms with Crippen molar-refractivity contribution in [3.63, 3.8) is 0 Å². The molecule has 0 aliphatic rings. The molecule has 0 aromatic rings. The first-order valence-corrected chi connectivity index (χ1v) is 7.97. The molecule has 0 aliphatic heterocycles. The van der Waals surface area contributed by atoms with Crippen LogP contribution in [-0.2, 0) is 4.43 Å². The van der Waals surface area contributed by atoms with Crippen molar-refractivity contribution in [2.45, 2.75) is 65.0 Å². The lowest BCUT2D eigenvalue weighted by molar-refractivity contribution is -0.0340. The van der Waals surface area contributed by atoms with Crippen molar-refractivity contribution in [3.8, 4) is 0 Å². The molecule has 0 aromatic heterocycles. The van der Waals surface area contributed by atoms with Crippen LogP contribution in [0.4, 0.5) is 0 Å². The molecule has 1 unspecified atom stereocenters. The molecular weight excluding hydrogens is 180 g/mol. The predicted molar refractivity (Wildman–Crippen MR) is 59.2 cm³/mol. The van der Waals surface area contributed by atoms with Gasteiger partial charge in [-0.2, -0.15) is 0 Å². The Balaban J connectivity index is 4.17. The summed E-state index contributed by atoms with van der Waals surface area (Å²) in [6.45, 7) is 12.9. The number of rotatable bonds is 4. The first-order chi connectivity index (χ1) is 5.70. The Morgan fingerprint density at radius 3 is 2.08 bits per heavy atom. The molecule has 0 saturated carbocycles. The van der Waals surface area contributed by atoms with E-state index in [0.717, 1.165) is 12.8 Å². The molecule has 1 N–H and O–H groups in total. The normalized spacial score (nSPS) is 15.9. The van der Waals surface area contributed by atoms with Gasteiger partial charge in [0, 0.05) is 0 Å². The second-order valence-electron chi connectivity index (χ2n) is 5.12. The van der Waals surface area contributed by atoms with Crippen LogP contribution >= 0.6 is 0 Å². The van der Waals surface area contributed by atoms with Gasteiger partial charge >= 0.3 is 0 Å². The SMILES string of the molecule is CCCC(O)O[Si](C)(C)C(C)(C)C.